The number of carbonyl (C=O) groups excluding carboxylic acids is 1. The van der Waals surface area contributed by atoms with Gasteiger partial charge in [0.2, 0.25) is 0 Å². The fourth-order valence-corrected chi connectivity index (χ4v) is 5.67. The summed E-state index contributed by atoms with van der Waals surface area (Å²) in [5, 5.41) is 0. The van der Waals surface area contributed by atoms with E-state index in [9.17, 15) is 9.36 Å². The Balaban J connectivity index is 1.93. The van der Waals surface area contributed by atoms with Crippen molar-refractivity contribution >= 4 is 13.4 Å². The first kappa shape index (κ1) is 19.1. The summed E-state index contributed by atoms with van der Waals surface area (Å²) in [6.45, 7) is 5.21. The summed E-state index contributed by atoms with van der Waals surface area (Å²) in [5.74, 6) is -0.000697. The number of hydrogen-bond acceptors (Lipinski definition) is 4. The van der Waals surface area contributed by atoms with Crippen molar-refractivity contribution in [2.45, 2.75) is 39.2 Å². The highest BCUT2D eigenvalue weighted by molar-refractivity contribution is 7.53. The van der Waals surface area contributed by atoms with Crippen LogP contribution in [0.5, 0.6) is 0 Å². The third kappa shape index (κ3) is 4.01. The predicted molar refractivity (Wildman–Crippen MR) is 102 cm³/mol. The third-order valence-corrected chi connectivity index (χ3v) is 6.91. The predicted octanol–water partition coefficient (Wildman–Crippen LogP) is 4.86. The molecule has 0 saturated carbocycles. The number of fused-ring (bicyclic) bond motifs is 1. The molecule has 0 saturated heterocycles. The second-order valence-electron chi connectivity index (χ2n) is 6.47. The van der Waals surface area contributed by atoms with E-state index >= 15 is 0 Å². The Morgan fingerprint density at radius 3 is 2.50 bits per heavy atom. The summed E-state index contributed by atoms with van der Waals surface area (Å²) in [4.78, 5) is 13.0. The van der Waals surface area contributed by atoms with Gasteiger partial charge in [-0.15, -0.1) is 0 Å². The van der Waals surface area contributed by atoms with Crippen molar-refractivity contribution in [3.8, 4) is 0 Å². The molecule has 1 atom stereocenters. The van der Waals surface area contributed by atoms with Crippen molar-refractivity contribution in [2.75, 3.05) is 19.4 Å². The minimum Gasteiger partial charge on any atom is -0.350 e. The van der Waals surface area contributed by atoms with Crippen molar-refractivity contribution in [1.29, 1.82) is 0 Å². The highest BCUT2D eigenvalue weighted by Gasteiger charge is 2.34. The number of aromatic nitrogens is 1. The first-order chi connectivity index (χ1) is 12.6. The minimum absolute atomic E-state index is 0.00824. The van der Waals surface area contributed by atoms with Crippen LogP contribution in [0.3, 0.4) is 0 Å². The SMILES string of the molecule is CCOP(=O)(CC1CCCn2ccc(C(=O)c3ccccc3)c21)OCC. The van der Waals surface area contributed by atoms with Crippen LogP contribution in [0.1, 0.15) is 54.2 Å². The largest absolute Gasteiger partial charge is 0.350 e. The summed E-state index contributed by atoms with van der Waals surface area (Å²) >= 11 is 0. The second kappa shape index (κ2) is 8.34. The smallest absolute Gasteiger partial charge is 0.331 e. The Labute approximate surface area is 154 Å². The highest BCUT2D eigenvalue weighted by atomic mass is 31.2. The topological polar surface area (TPSA) is 57.5 Å². The molecular weight excluding hydrogens is 349 g/mol. The summed E-state index contributed by atoms with van der Waals surface area (Å²) in [5.41, 5.74) is 2.33. The van der Waals surface area contributed by atoms with E-state index in [1.807, 2.05) is 56.4 Å². The van der Waals surface area contributed by atoms with Crippen LogP contribution in [0.2, 0.25) is 0 Å². The third-order valence-electron chi connectivity index (χ3n) is 4.72. The van der Waals surface area contributed by atoms with Gasteiger partial charge < -0.3 is 13.6 Å². The molecule has 140 valence electrons. The Morgan fingerprint density at radius 2 is 1.85 bits per heavy atom. The van der Waals surface area contributed by atoms with Gasteiger partial charge in [0, 0.05) is 35.5 Å². The maximum absolute atomic E-state index is 13.0. The molecule has 1 unspecified atom stereocenters. The van der Waals surface area contributed by atoms with E-state index in [0.717, 1.165) is 25.1 Å². The lowest BCUT2D eigenvalue weighted by molar-refractivity contribution is 0.103. The lowest BCUT2D eigenvalue weighted by Crippen LogP contribution is -2.21. The van der Waals surface area contributed by atoms with E-state index in [0.29, 0.717) is 30.5 Å². The molecule has 0 bridgehead atoms. The molecule has 0 fully saturated rings. The van der Waals surface area contributed by atoms with E-state index in [4.69, 9.17) is 9.05 Å². The number of rotatable bonds is 8. The Morgan fingerprint density at radius 1 is 1.15 bits per heavy atom. The van der Waals surface area contributed by atoms with Gasteiger partial charge in [0.1, 0.15) is 0 Å². The fourth-order valence-electron chi connectivity index (χ4n) is 3.70. The molecule has 26 heavy (non-hydrogen) atoms. The van der Waals surface area contributed by atoms with Crippen LogP contribution >= 0.6 is 7.60 Å². The van der Waals surface area contributed by atoms with Crippen molar-refractivity contribution in [3.63, 3.8) is 0 Å². The van der Waals surface area contributed by atoms with Crippen LogP contribution in [0.4, 0.5) is 0 Å². The first-order valence-corrected chi connectivity index (χ1v) is 11.0. The first-order valence-electron chi connectivity index (χ1n) is 9.25. The number of nitrogens with zero attached hydrogens (tertiary/aromatic N) is 1. The summed E-state index contributed by atoms with van der Waals surface area (Å²) in [6.07, 6.45) is 4.14. The molecule has 0 radical (unpaired) electrons. The molecule has 1 aromatic carbocycles. The monoisotopic (exact) mass is 375 g/mol. The molecule has 3 rings (SSSR count). The normalized spacial score (nSPS) is 17.1. The highest BCUT2D eigenvalue weighted by Crippen LogP contribution is 2.53. The average molecular weight is 375 g/mol. The molecule has 0 amide bonds. The zero-order chi connectivity index (χ0) is 18.6. The molecule has 1 aliphatic heterocycles. The number of hydrogen-bond donors (Lipinski definition) is 0. The molecule has 1 aromatic heterocycles. The maximum Gasteiger partial charge on any atom is 0.331 e. The maximum atomic E-state index is 13.0. The van der Waals surface area contributed by atoms with Gasteiger partial charge in [-0.3, -0.25) is 9.36 Å². The van der Waals surface area contributed by atoms with Gasteiger partial charge in [0.15, 0.2) is 5.78 Å². The van der Waals surface area contributed by atoms with Gasteiger partial charge in [-0.2, -0.15) is 0 Å². The van der Waals surface area contributed by atoms with Gasteiger partial charge in [-0.05, 0) is 32.8 Å². The second-order valence-corrected chi connectivity index (χ2v) is 8.57. The number of benzene rings is 1. The van der Waals surface area contributed by atoms with Gasteiger partial charge in [-0.25, -0.2) is 0 Å². The molecule has 2 aromatic rings. The number of ketones is 1. The molecule has 5 nitrogen and oxygen atoms in total. The zero-order valence-corrected chi connectivity index (χ0v) is 16.3. The molecule has 6 heteroatoms. The minimum atomic E-state index is -3.17. The van der Waals surface area contributed by atoms with E-state index in [2.05, 4.69) is 4.57 Å². The van der Waals surface area contributed by atoms with E-state index in [1.54, 1.807) is 0 Å². The summed E-state index contributed by atoms with van der Waals surface area (Å²) < 4.78 is 26.1. The summed E-state index contributed by atoms with van der Waals surface area (Å²) in [7, 11) is -3.17. The quantitative estimate of drug-likeness (QED) is 0.488. The van der Waals surface area contributed by atoms with Crippen molar-refractivity contribution < 1.29 is 18.4 Å². The van der Waals surface area contributed by atoms with E-state index in [-0.39, 0.29) is 11.7 Å². The standard InChI is InChI=1S/C20H26NO4P/c1-3-24-26(23,25-4-2)15-17-11-8-13-21-14-12-18(19(17)21)20(22)16-9-6-5-7-10-16/h5-7,9-10,12,14,17H,3-4,8,11,13,15H2,1-2H3. The lowest BCUT2D eigenvalue weighted by atomic mass is 9.92. The molecule has 2 heterocycles. The Bertz CT molecular complexity index is 789. The van der Waals surface area contributed by atoms with E-state index in [1.165, 1.54) is 0 Å². The van der Waals surface area contributed by atoms with Crippen molar-refractivity contribution in [2.24, 2.45) is 0 Å². The number of aryl methyl sites for hydroxylation is 1. The van der Waals surface area contributed by atoms with E-state index < -0.39 is 7.60 Å². The van der Waals surface area contributed by atoms with Crippen molar-refractivity contribution in [3.05, 3.63) is 59.4 Å². The van der Waals surface area contributed by atoms with Crippen LogP contribution in [-0.2, 0) is 20.2 Å². The van der Waals surface area contributed by atoms with Crippen LogP contribution < -0.4 is 0 Å². The van der Waals surface area contributed by atoms with Crippen LogP contribution in [-0.4, -0.2) is 29.7 Å². The molecule has 1 aliphatic rings. The van der Waals surface area contributed by atoms with Crippen LogP contribution in [0, 0.1) is 0 Å². The van der Waals surface area contributed by atoms with Gasteiger partial charge >= 0.3 is 7.60 Å². The molecule has 0 aliphatic carbocycles. The Kier molecular flexibility index (Phi) is 6.13. The molecule has 0 spiro atoms. The zero-order valence-electron chi connectivity index (χ0n) is 15.4. The molecule has 0 N–H and O–H groups in total. The van der Waals surface area contributed by atoms with Crippen LogP contribution in [0.25, 0.3) is 0 Å². The Hall–Kier alpha value is -1.68. The number of carbonyl (C=O) groups is 1. The fraction of sp³-hybridized carbons (Fsp3) is 0.450. The molecular formula is C20H26NO4P. The van der Waals surface area contributed by atoms with Gasteiger partial charge in [0.05, 0.1) is 19.4 Å². The van der Waals surface area contributed by atoms with Crippen molar-refractivity contribution in [1.82, 2.24) is 4.57 Å². The van der Waals surface area contributed by atoms with Gasteiger partial charge in [-0.1, -0.05) is 30.3 Å². The average Bonchev–Trinajstić information content (AvgIpc) is 3.07. The van der Waals surface area contributed by atoms with Gasteiger partial charge in [0.25, 0.3) is 0 Å². The lowest BCUT2D eigenvalue weighted by Gasteiger charge is -2.29. The van der Waals surface area contributed by atoms with Crippen LogP contribution in [0.15, 0.2) is 42.6 Å². The summed E-state index contributed by atoms with van der Waals surface area (Å²) in [6, 6.07) is 11.2.